The summed E-state index contributed by atoms with van der Waals surface area (Å²) in [6.07, 6.45) is 3.28. The number of ether oxygens (including phenoxy) is 2. The van der Waals surface area contributed by atoms with E-state index in [1.165, 1.54) is 5.56 Å². The van der Waals surface area contributed by atoms with Crippen LogP contribution in [-0.4, -0.2) is 30.2 Å². The highest BCUT2D eigenvalue weighted by Gasteiger charge is 2.20. The van der Waals surface area contributed by atoms with Gasteiger partial charge in [0.1, 0.15) is 5.75 Å². The van der Waals surface area contributed by atoms with Crippen molar-refractivity contribution in [1.29, 1.82) is 0 Å². The molecule has 0 aliphatic heterocycles. The maximum absolute atomic E-state index is 12.7. The van der Waals surface area contributed by atoms with Crippen LogP contribution in [0.3, 0.4) is 0 Å². The lowest BCUT2D eigenvalue weighted by Crippen LogP contribution is -2.21. The molecule has 6 nitrogen and oxygen atoms in total. The van der Waals surface area contributed by atoms with Crippen LogP contribution in [0.1, 0.15) is 47.1 Å². The van der Waals surface area contributed by atoms with Crippen molar-refractivity contribution in [3.8, 4) is 11.4 Å². The van der Waals surface area contributed by atoms with Crippen molar-refractivity contribution in [1.82, 2.24) is 4.57 Å². The van der Waals surface area contributed by atoms with Crippen LogP contribution < -0.4 is 10.1 Å². The molecule has 1 amide bonds. The van der Waals surface area contributed by atoms with Gasteiger partial charge in [0.25, 0.3) is 5.91 Å². The molecule has 33 heavy (non-hydrogen) atoms. The van der Waals surface area contributed by atoms with Gasteiger partial charge in [-0.3, -0.25) is 4.79 Å². The van der Waals surface area contributed by atoms with E-state index in [1.807, 2.05) is 42.7 Å². The lowest BCUT2D eigenvalue weighted by atomic mass is 10.1. The summed E-state index contributed by atoms with van der Waals surface area (Å²) in [5.74, 6) is -0.336. The Hall–Kier alpha value is -3.25. The van der Waals surface area contributed by atoms with Crippen LogP contribution in [0.5, 0.6) is 5.75 Å². The second-order valence-corrected chi connectivity index (χ2v) is 8.30. The number of benzene rings is 2. The molecule has 174 valence electrons. The fraction of sp³-hybridized carbons (Fsp3) is 0.308. The van der Waals surface area contributed by atoms with Crippen LogP contribution in [-0.2, 0) is 16.0 Å². The predicted molar refractivity (Wildman–Crippen MR) is 131 cm³/mol. The standard InChI is InChI=1S/C26H29ClN2O4/c1-5-6-7-19-8-11-21(12-9-19)28-25(30)16-33-26(31)22-14-17(2)29(18(22)3)23-15-20(27)10-13-24(23)32-4/h8-15H,5-7,16H2,1-4H3,(H,28,30). The van der Waals surface area contributed by atoms with Crippen LogP contribution in [0.15, 0.2) is 48.5 Å². The molecule has 0 atom stereocenters. The van der Waals surface area contributed by atoms with E-state index < -0.39 is 11.9 Å². The lowest BCUT2D eigenvalue weighted by molar-refractivity contribution is -0.119. The Morgan fingerprint density at radius 3 is 2.45 bits per heavy atom. The zero-order valence-corrected chi connectivity index (χ0v) is 20.2. The summed E-state index contributed by atoms with van der Waals surface area (Å²) in [4.78, 5) is 25.0. The highest BCUT2D eigenvalue weighted by atomic mass is 35.5. The van der Waals surface area contributed by atoms with Gasteiger partial charge in [-0.05, 0) is 68.7 Å². The smallest absolute Gasteiger partial charge is 0.340 e. The molecule has 1 aromatic heterocycles. The third-order valence-electron chi connectivity index (χ3n) is 5.42. The van der Waals surface area contributed by atoms with Gasteiger partial charge in [0.2, 0.25) is 0 Å². The van der Waals surface area contributed by atoms with Crippen LogP contribution in [0.25, 0.3) is 5.69 Å². The molecule has 0 saturated carbocycles. The fourth-order valence-corrected chi connectivity index (χ4v) is 3.89. The minimum absolute atomic E-state index is 0.374. The van der Waals surface area contributed by atoms with Gasteiger partial charge in [-0.1, -0.05) is 37.1 Å². The summed E-state index contributed by atoms with van der Waals surface area (Å²) >= 11 is 6.17. The van der Waals surface area contributed by atoms with Crippen LogP contribution >= 0.6 is 11.6 Å². The van der Waals surface area contributed by atoms with Gasteiger partial charge in [-0.25, -0.2) is 4.79 Å². The van der Waals surface area contributed by atoms with Crippen LogP contribution in [0.4, 0.5) is 5.69 Å². The Morgan fingerprint density at radius 1 is 1.06 bits per heavy atom. The second-order valence-electron chi connectivity index (χ2n) is 7.86. The summed E-state index contributed by atoms with van der Waals surface area (Å²) in [7, 11) is 1.58. The average molecular weight is 469 g/mol. The molecular weight excluding hydrogens is 440 g/mol. The van der Waals surface area contributed by atoms with Gasteiger partial charge in [0, 0.05) is 22.1 Å². The van der Waals surface area contributed by atoms with E-state index in [2.05, 4.69) is 12.2 Å². The fourth-order valence-electron chi connectivity index (χ4n) is 3.72. The summed E-state index contributed by atoms with van der Waals surface area (Å²) in [5.41, 5.74) is 4.48. The van der Waals surface area contributed by atoms with Crippen molar-refractivity contribution in [3.05, 3.63) is 76.1 Å². The number of methoxy groups -OCH3 is 1. The molecule has 0 radical (unpaired) electrons. The molecule has 3 aromatic rings. The molecule has 2 aromatic carbocycles. The van der Waals surface area contributed by atoms with Crippen LogP contribution in [0, 0.1) is 13.8 Å². The Bertz CT molecular complexity index is 1140. The number of nitrogens with zero attached hydrogens (tertiary/aromatic N) is 1. The molecule has 0 unspecified atom stereocenters. The quantitative estimate of drug-likeness (QED) is 0.397. The molecule has 3 rings (SSSR count). The average Bonchev–Trinajstić information content (AvgIpc) is 3.10. The third kappa shape index (κ3) is 5.96. The van der Waals surface area contributed by atoms with Crippen molar-refractivity contribution >= 4 is 29.2 Å². The minimum atomic E-state index is -0.569. The van der Waals surface area contributed by atoms with Crippen LogP contribution in [0.2, 0.25) is 5.02 Å². The van der Waals surface area contributed by atoms with Crippen molar-refractivity contribution in [2.24, 2.45) is 0 Å². The number of amides is 1. The molecule has 1 N–H and O–H groups in total. The number of carbonyl (C=O) groups is 2. The number of aryl methyl sites for hydroxylation is 2. The van der Waals surface area contributed by atoms with E-state index in [9.17, 15) is 9.59 Å². The topological polar surface area (TPSA) is 69.6 Å². The van der Waals surface area contributed by atoms with Crippen molar-refractivity contribution < 1.29 is 19.1 Å². The Labute approximate surface area is 199 Å². The second kappa shape index (κ2) is 11.1. The van der Waals surface area contributed by atoms with Crippen molar-refractivity contribution in [2.45, 2.75) is 40.0 Å². The van der Waals surface area contributed by atoms with E-state index in [0.717, 1.165) is 30.6 Å². The summed E-state index contributed by atoms with van der Waals surface area (Å²) in [5, 5.41) is 3.31. The normalized spacial score (nSPS) is 10.7. The lowest BCUT2D eigenvalue weighted by Gasteiger charge is -2.14. The Kier molecular flexibility index (Phi) is 8.17. The monoisotopic (exact) mass is 468 g/mol. The largest absolute Gasteiger partial charge is 0.495 e. The SMILES string of the molecule is CCCCc1ccc(NC(=O)COC(=O)c2cc(C)n(-c3cc(Cl)ccc3OC)c2C)cc1. The Morgan fingerprint density at radius 2 is 1.79 bits per heavy atom. The maximum Gasteiger partial charge on any atom is 0.340 e. The number of rotatable bonds is 9. The molecule has 0 aliphatic rings. The molecule has 1 heterocycles. The highest BCUT2D eigenvalue weighted by molar-refractivity contribution is 6.30. The first-order chi connectivity index (χ1) is 15.8. The number of anilines is 1. The van der Waals surface area contributed by atoms with E-state index in [-0.39, 0.29) is 6.61 Å². The summed E-state index contributed by atoms with van der Waals surface area (Å²) < 4.78 is 12.6. The van der Waals surface area contributed by atoms with Gasteiger partial charge < -0.3 is 19.4 Å². The van der Waals surface area contributed by atoms with E-state index in [1.54, 1.807) is 31.4 Å². The molecule has 0 saturated heterocycles. The third-order valence-corrected chi connectivity index (χ3v) is 5.66. The van der Waals surface area contributed by atoms with E-state index in [0.29, 0.717) is 27.7 Å². The molecule has 0 aliphatic carbocycles. The van der Waals surface area contributed by atoms with Gasteiger partial charge >= 0.3 is 5.97 Å². The summed E-state index contributed by atoms with van der Waals surface area (Å²) in [6, 6.07) is 14.7. The van der Waals surface area contributed by atoms with E-state index >= 15 is 0 Å². The van der Waals surface area contributed by atoms with E-state index in [4.69, 9.17) is 21.1 Å². The zero-order valence-electron chi connectivity index (χ0n) is 19.4. The number of hydrogen-bond donors (Lipinski definition) is 1. The molecule has 0 bridgehead atoms. The number of esters is 1. The van der Waals surface area contributed by atoms with Gasteiger partial charge in [-0.2, -0.15) is 0 Å². The Balaban J connectivity index is 1.66. The first-order valence-corrected chi connectivity index (χ1v) is 11.3. The predicted octanol–water partition coefficient (Wildman–Crippen LogP) is 5.89. The number of unbranched alkanes of at least 4 members (excludes halogenated alkanes) is 1. The minimum Gasteiger partial charge on any atom is -0.495 e. The first-order valence-electron chi connectivity index (χ1n) is 10.9. The van der Waals surface area contributed by atoms with Gasteiger partial charge in [-0.15, -0.1) is 0 Å². The van der Waals surface area contributed by atoms with Crippen molar-refractivity contribution in [2.75, 3.05) is 19.0 Å². The molecular formula is C26H29ClN2O4. The number of nitrogens with one attached hydrogen (secondary N) is 1. The van der Waals surface area contributed by atoms with Gasteiger partial charge in [0.05, 0.1) is 18.4 Å². The number of halogens is 1. The van der Waals surface area contributed by atoms with Crippen molar-refractivity contribution in [3.63, 3.8) is 0 Å². The highest BCUT2D eigenvalue weighted by Crippen LogP contribution is 2.30. The zero-order chi connectivity index (χ0) is 24.0. The van der Waals surface area contributed by atoms with Gasteiger partial charge in [0.15, 0.2) is 6.61 Å². The molecule has 0 spiro atoms. The number of hydrogen-bond acceptors (Lipinski definition) is 4. The number of carbonyl (C=O) groups excluding carboxylic acids is 2. The maximum atomic E-state index is 12.7. The number of aromatic nitrogens is 1. The molecule has 0 fully saturated rings. The molecule has 7 heteroatoms. The first kappa shape index (κ1) is 24.4. The summed E-state index contributed by atoms with van der Waals surface area (Å²) in [6.45, 7) is 5.47.